The van der Waals surface area contributed by atoms with Crippen molar-refractivity contribution in [2.75, 3.05) is 13.1 Å². The predicted molar refractivity (Wildman–Crippen MR) is 77.2 cm³/mol. The van der Waals surface area contributed by atoms with Crippen molar-refractivity contribution in [3.05, 3.63) is 35.4 Å². The molecule has 0 bridgehead atoms. The molecule has 1 rings (SSSR count). The molecule has 1 atom stereocenters. The molecular formula is C15H20F2N2O3. The normalized spacial score (nSPS) is 12.1. The van der Waals surface area contributed by atoms with Gasteiger partial charge in [0.15, 0.2) is 0 Å². The van der Waals surface area contributed by atoms with Crippen LogP contribution in [0.5, 0.6) is 0 Å². The number of nitrogens with one attached hydrogen (secondary N) is 2. The quantitative estimate of drug-likeness (QED) is 0.708. The summed E-state index contributed by atoms with van der Waals surface area (Å²) in [5, 5.41) is 14.3. The summed E-state index contributed by atoms with van der Waals surface area (Å²) in [6, 6.07) is 2.41. The highest BCUT2D eigenvalue weighted by molar-refractivity contribution is 5.96. The molecule has 0 heterocycles. The van der Waals surface area contributed by atoms with Crippen LogP contribution < -0.4 is 10.6 Å². The number of aliphatic hydroxyl groups is 1. The average molecular weight is 314 g/mol. The first-order valence-electron chi connectivity index (χ1n) is 6.97. The van der Waals surface area contributed by atoms with Crippen LogP contribution in [0.1, 0.15) is 30.6 Å². The Hall–Kier alpha value is -2.02. The van der Waals surface area contributed by atoms with E-state index < -0.39 is 29.6 Å². The maximum atomic E-state index is 13.0. The fraction of sp³-hybridized carbons (Fsp3) is 0.467. The smallest absolute Gasteiger partial charge is 0.251 e. The maximum Gasteiger partial charge on any atom is 0.251 e. The molecule has 1 unspecified atom stereocenters. The van der Waals surface area contributed by atoms with Crippen molar-refractivity contribution in [2.24, 2.45) is 5.92 Å². The molecule has 2 amide bonds. The Kier molecular flexibility index (Phi) is 6.91. The van der Waals surface area contributed by atoms with Crippen molar-refractivity contribution >= 4 is 11.8 Å². The molecule has 0 saturated heterocycles. The standard InChI is InChI=1S/C15H20F2N2O3/c1-9(2)3-13(20)7-18-14(21)8-19-15(22)10-4-11(16)6-12(17)5-10/h4-6,9,13,20H,3,7-8H2,1-2H3,(H,18,21)(H,19,22). The van der Waals surface area contributed by atoms with E-state index in [4.69, 9.17) is 0 Å². The van der Waals surface area contributed by atoms with Crippen LogP contribution in [0.2, 0.25) is 0 Å². The van der Waals surface area contributed by atoms with Crippen LogP contribution >= 0.6 is 0 Å². The zero-order valence-electron chi connectivity index (χ0n) is 12.5. The Morgan fingerprint density at radius 3 is 2.27 bits per heavy atom. The first-order valence-corrected chi connectivity index (χ1v) is 6.97. The van der Waals surface area contributed by atoms with Crippen molar-refractivity contribution in [1.82, 2.24) is 10.6 Å². The Morgan fingerprint density at radius 1 is 1.14 bits per heavy atom. The lowest BCUT2D eigenvalue weighted by atomic mass is 10.1. The van der Waals surface area contributed by atoms with Gasteiger partial charge in [0.1, 0.15) is 11.6 Å². The van der Waals surface area contributed by atoms with Gasteiger partial charge >= 0.3 is 0 Å². The molecule has 0 aliphatic heterocycles. The van der Waals surface area contributed by atoms with Crippen molar-refractivity contribution in [3.8, 4) is 0 Å². The largest absolute Gasteiger partial charge is 0.391 e. The predicted octanol–water partition coefficient (Wildman–Crippen LogP) is 1.22. The van der Waals surface area contributed by atoms with E-state index in [2.05, 4.69) is 10.6 Å². The molecule has 5 nitrogen and oxygen atoms in total. The second-order valence-corrected chi connectivity index (χ2v) is 5.43. The van der Waals surface area contributed by atoms with Gasteiger partial charge in [0.25, 0.3) is 5.91 Å². The Bertz CT molecular complexity index is 515. The lowest BCUT2D eigenvalue weighted by Gasteiger charge is -2.14. The molecule has 1 aromatic carbocycles. The van der Waals surface area contributed by atoms with E-state index in [0.29, 0.717) is 18.4 Å². The molecule has 3 N–H and O–H groups in total. The highest BCUT2D eigenvalue weighted by Gasteiger charge is 2.12. The number of benzene rings is 1. The van der Waals surface area contributed by atoms with Crippen LogP contribution in [0.4, 0.5) is 8.78 Å². The molecule has 7 heteroatoms. The van der Waals surface area contributed by atoms with Gasteiger partial charge in [-0.05, 0) is 24.5 Å². The summed E-state index contributed by atoms with van der Waals surface area (Å²) in [5.74, 6) is -2.68. The maximum absolute atomic E-state index is 13.0. The minimum atomic E-state index is -0.869. The van der Waals surface area contributed by atoms with Gasteiger partial charge in [0, 0.05) is 18.2 Å². The lowest BCUT2D eigenvalue weighted by Crippen LogP contribution is -2.40. The Balaban J connectivity index is 2.39. The number of carbonyl (C=O) groups is 2. The number of carbonyl (C=O) groups excluding carboxylic acids is 2. The van der Waals surface area contributed by atoms with Gasteiger partial charge in [-0.15, -0.1) is 0 Å². The topological polar surface area (TPSA) is 78.4 Å². The Morgan fingerprint density at radius 2 is 1.73 bits per heavy atom. The summed E-state index contributed by atoms with van der Waals surface area (Å²) in [6.45, 7) is 3.64. The van der Waals surface area contributed by atoms with Gasteiger partial charge in [-0.3, -0.25) is 9.59 Å². The van der Waals surface area contributed by atoms with Gasteiger partial charge in [0.2, 0.25) is 5.91 Å². The highest BCUT2D eigenvalue weighted by Crippen LogP contribution is 2.07. The molecule has 22 heavy (non-hydrogen) atoms. The third-order valence-electron chi connectivity index (χ3n) is 2.81. The first kappa shape index (κ1) is 18.0. The molecule has 0 aliphatic rings. The molecule has 1 aromatic rings. The van der Waals surface area contributed by atoms with Crippen LogP contribution in [-0.2, 0) is 4.79 Å². The summed E-state index contributed by atoms with van der Waals surface area (Å²) in [4.78, 5) is 23.2. The van der Waals surface area contributed by atoms with Crippen molar-refractivity contribution in [2.45, 2.75) is 26.4 Å². The van der Waals surface area contributed by atoms with Gasteiger partial charge in [-0.1, -0.05) is 13.8 Å². The zero-order valence-corrected chi connectivity index (χ0v) is 12.5. The number of hydrogen-bond donors (Lipinski definition) is 3. The molecule has 0 radical (unpaired) electrons. The van der Waals surface area contributed by atoms with Crippen molar-refractivity contribution in [1.29, 1.82) is 0 Å². The van der Waals surface area contributed by atoms with Gasteiger partial charge in [-0.2, -0.15) is 0 Å². The highest BCUT2D eigenvalue weighted by atomic mass is 19.1. The van der Waals surface area contributed by atoms with E-state index in [1.807, 2.05) is 13.8 Å². The summed E-state index contributed by atoms with van der Waals surface area (Å²) < 4.78 is 25.9. The third-order valence-corrected chi connectivity index (χ3v) is 2.81. The number of hydrogen-bond acceptors (Lipinski definition) is 3. The number of amides is 2. The van der Waals surface area contributed by atoms with Crippen LogP contribution in [0.3, 0.4) is 0 Å². The molecule has 122 valence electrons. The molecule has 0 spiro atoms. The van der Waals surface area contributed by atoms with Crippen LogP contribution in [-0.4, -0.2) is 36.1 Å². The fourth-order valence-electron chi connectivity index (χ4n) is 1.87. The van der Waals surface area contributed by atoms with Gasteiger partial charge in [0.05, 0.1) is 12.6 Å². The minimum absolute atomic E-state index is 0.0848. The summed E-state index contributed by atoms with van der Waals surface area (Å²) >= 11 is 0. The molecule has 0 saturated carbocycles. The van der Waals surface area contributed by atoms with E-state index in [1.54, 1.807) is 0 Å². The molecule has 0 aliphatic carbocycles. The van der Waals surface area contributed by atoms with E-state index in [1.165, 1.54) is 0 Å². The molecule has 0 aromatic heterocycles. The molecule has 0 fully saturated rings. The number of aliphatic hydroxyl groups excluding tert-OH is 1. The van der Waals surface area contributed by atoms with E-state index in [9.17, 15) is 23.5 Å². The van der Waals surface area contributed by atoms with E-state index in [0.717, 1.165) is 12.1 Å². The summed E-state index contributed by atoms with van der Waals surface area (Å²) in [5.41, 5.74) is -0.204. The first-order chi connectivity index (χ1) is 10.3. The van der Waals surface area contributed by atoms with Crippen molar-refractivity contribution < 1.29 is 23.5 Å². The number of halogens is 2. The number of rotatable bonds is 7. The summed E-state index contributed by atoms with van der Waals surface area (Å²) in [6.07, 6.45) is -0.105. The monoisotopic (exact) mass is 314 g/mol. The molecular weight excluding hydrogens is 294 g/mol. The van der Waals surface area contributed by atoms with E-state index >= 15 is 0 Å². The Labute approximate surface area is 127 Å². The minimum Gasteiger partial charge on any atom is -0.391 e. The summed E-state index contributed by atoms with van der Waals surface area (Å²) in [7, 11) is 0. The third kappa shape index (κ3) is 6.62. The SMILES string of the molecule is CC(C)CC(O)CNC(=O)CNC(=O)c1cc(F)cc(F)c1. The van der Waals surface area contributed by atoms with E-state index in [-0.39, 0.29) is 18.7 Å². The van der Waals surface area contributed by atoms with Crippen LogP contribution in [0, 0.1) is 17.6 Å². The fourth-order valence-corrected chi connectivity index (χ4v) is 1.87. The van der Waals surface area contributed by atoms with Gasteiger partial charge < -0.3 is 15.7 Å². The second kappa shape index (κ2) is 8.43. The zero-order chi connectivity index (χ0) is 16.7. The average Bonchev–Trinajstić information content (AvgIpc) is 2.40. The van der Waals surface area contributed by atoms with Crippen LogP contribution in [0.25, 0.3) is 0 Å². The van der Waals surface area contributed by atoms with Crippen molar-refractivity contribution in [3.63, 3.8) is 0 Å². The van der Waals surface area contributed by atoms with Crippen LogP contribution in [0.15, 0.2) is 18.2 Å². The lowest BCUT2D eigenvalue weighted by molar-refractivity contribution is -0.120. The second-order valence-electron chi connectivity index (χ2n) is 5.43. The van der Waals surface area contributed by atoms with Gasteiger partial charge in [-0.25, -0.2) is 8.78 Å².